The molecule has 1 unspecified atom stereocenters. The second-order valence-electron chi connectivity index (χ2n) is 3.83. The van der Waals surface area contributed by atoms with Crippen LogP contribution in [-0.4, -0.2) is 43.1 Å². The maximum atomic E-state index is 5.33. The first-order valence-electron chi connectivity index (χ1n) is 5.74. The molecule has 0 radical (unpaired) electrons. The first kappa shape index (κ1) is 22.4. The Kier molecular flexibility index (Phi) is 25.9. The predicted molar refractivity (Wildman–Crippen MR) is 65.8 cm³/mol. The fourth-order valence-corrected chi connectivity index (χ4v) is 1.38. The third kappa shape index (κ3) is 17.6. The van der Waals surface area contributed by atoms with Gasteiger partial charge in [-0.3, -0.25) is 0 Å². The zero-order valence-electron chi connectivity index (χ0n) is 11.0. The zero-order valence-corrected chi connectivity index (χ0v) is 14.0. The van der Waals surface area contributed by atoms with E-state index in [2.05, 4.69) is 27.2 Å². The number of hydrogen-bond acceptors (Lipinski definition) is 2. The van der Waals surface area contributed by atoms with Gasteiger partial charge < -0.3 is 32.9 Å². The number of halogens is 1. The van der Waals surface area contributed by atoms with Gasteiger partial charge in [-0.2, -0.15) is 13.3 Å². The molecule has 0 saturated carbocycles. The quantitative estimate of drug-likeness (QED) is 0.246. The third-order valence-corrected chi connectivity index (χ3v) is 2.14. The summed E-state index contributed by atoms with van der Waals surface area (Å²) in [6.07, 6.45) is 6.90. The van der Waals surface area contributed by atoms with Crippen LogP contribution in [-0.2, 0) is 9.47 Å². The molecule has 94 valence electrons. The van der Waals surface area contributed by atoms with Crippen molar-refractivity contribution in [3.63, 3.8) is 0 Å². The van der Waals surface area contributed by atoms with Gasteiger partial charge in [0.1, 0.15) is 6.79 Å². The van der Waals surface area contributed by atoms with Gasteiger partial charge in [0, 0.05) is 13.2 Å². The normalized spacial score (nSPS) is 11.4. The van der Waals surface area contributed by atoms with Crippen molar-refractivity contribution < 1.29 is 26.5 Å². The van der Waals surface area contributed by atoms with E-state index in [0.717, 1.165) is 32.0 Å². The van der Waals surface area contributed by atoms with Crippen molar-refractivity contribution in [3.05, 3.63) is 6.42 Å². The van der Waals surface area contributed by atoms with Gasteiger partial charge in [0.05, 0.1) is 0 Å². The monoisotopic (exact) mass is 304 g/mol. The molecule has 16 heavy (non-hydrogen) atoms. The molecule has 0 spiro atoms. The van der Waals surface area contributed by atoms with Gasteiger partial charge in [0.25, 0.3) is 0 Å². The standard InChI is InChI=1S/C12H25O2.BrH.Mg/c1-4-7-12(3)8-6-10-14-11-13-9-5-2;;/h4,12H,5-11H2,1-3H3;1H;/q-1;;+2/p-1. The maximum Gasteiger partial charge on any atom is 2.00 e. The summed E-state index contributed by atoms with van der Waals surface area (Å²) in [7, 11) is 0. The molecular weight excluding hydrogens is 280 g/mol. The molecular formula is C12H25BrMgO2. The largest absolute Gasteiger partial charge is 2.00 e. The van der Waals surface area contributed by atoms with E-state index in [9.17, 15) is 0 Å². The van der Waals surface area contributed by atoms with Crippen LogP contribution in [0, 0.1) is 12.3 Å². The van der Waals surface area contributed by atoms with Crippen molar-refractivity contribution in [2.45, 2.75) is 46.5 Å². The van der Waals surface area contributed by atoms with Crippen molar-refractivity contribution >= 4 is 23.1 Å². The zero-order chi connectivity index (χ0) is 10.6. The second-order valence-corrected chi connectivity index (χ2v) is 3.83. The van der Waals surface area contributed by atoms with E-state index in [0.29, 0.717) is 6.79 Å². The molecule has 0 aliphatic carbocycles. The summed E-state index contributed by atoms with van der Waals surface area (Å²) in [5, 5.41) is 0. The van der Waals surface area contributed by atoms with Crippen LogP contribution in [0.2, 0.25) is 0 Å². The molecule has 0 fully saturated rings. The summed E-state index contributed by atoms with van der Waals surface area (Å²) in [5.41, 5.74) is 0. The van der Waals surface area contributed by atoms with Crippen LogP contribution < -0.4 is 17.0 Å². The van der Waals surface area contributed by atoms with Gasteiger partial charge in [-0.25, -0.2) is 0 Å². The molecule has 0 heterocycles. The van der Waals surface area contributed by atoms with Crippen LogP contribution in [0.3, 0.4) is 0 Å². The first-order chi connectivity index (χ1) is 6.81. The van der Waals surface area contributed by atoms with E-state index in [-0.39, 0.29) is 40.0 Å². The second kappa shape index (κ2) is 18.5. The molecule has 0 saturated heterocycles. The number of ether oxygens (including phenoxy) is 2. The van der Waals surface area contributed by atoms with Crippen LogP contribution in [0.4, 0.5) is 0 Å². The SMILES string of the molecule is C[CH-]CC(C)CCCOCOCCC.[Br-].[Mg+2]. The molecule has 0 rings (SSSR count). The van der Waals surface area contributed by atoms with Crippen LogP contribution in [0.15, 0.2) is 0 Å². The Bertz CT molecular complexity index is 115. The minimum atomic E-state index is 0. The van der Waals surface area contributed by atoms with Gasteiger partial charge in [-0.1, -0.05) is 26.2 Å². The molecule has 2 nitrogen and oxygen atoms in total. The Morgan fingerprint density at radius 2 is 1.81 bits per heavy atom. The van der Waals surface area contributed by atoms with Crippen molar-refractivity contribution in [2.75, 3.05) is 20.0 Å². The molecule has 0 N–H and O–H groups in total. The summed E-state index contributed by atoms with van der Waals surface area (Å²) in [4.78, 5) is 0. The van der Waals surface area contributed by atoms with Gasteiger partial charge in [-0.15, -0.1) is 0 Å². The summed E-state index contributed by atoms with van der Waals surface area (Å²) in [5.74, 6) is 0.792. The molecule has 0 amide bonds. The van der Waals surface area contributed by atoms with Crippen molar-refractivity contribution in [2.24, 2.45) is 5.92 Å². The third-order valence-electron chi connectivity index (χ3n) is 2.14. The Balaban J connectivity index is -0.000000845. The fraction of sp³-hybridized carbons (Fsp3) is 0.917. The van der Waals surface area contributed by atoms with Crippen LogP contribution in [0.5, 0.6) is 0 Å². The summed E-state index contributed by atoms with van der Waals surface area (Å²) in [6, 6.07) is 0. The average Bonchev–Trinajstić information content (AvgIpc) is 2.17. The van der Waals surface area contributed by atoms with Crippen molar-refractivity contribution in [1.82, 2.24) is 0 Å². The Labute approximate surface area is 128 Å². The number of hydrogen-bond donors (Lipinski definition) is 0. The van der Waals surface area contributed by atoms with E-state index in [4.69, 9.17) is 9.47 Å². The maximum absolute atomic E-state index is 5.33. The Hall–Kier alpha value is 1.17. The minimum Gasteiger partial charge on any atom is -1.00 e. The molecule has 4 heteroatoms. The average molecular weight is 306 g/mol. The van der Waals surface area contributed by atoms with Crippen molar-refractivity contribution in [1.29, 1.82) is 0 Å². The van der Waals surface area contributed by atoms with E-state index in [1.54, 1.807) is 0 Å². The fourth-order valence-electron chi connectivity index (χ4n) is 1.38. The summed E-state index contributed by atoms with van der Waals surface area (Å²) < 4.78 is 10.5. The Morgan fingerprint density at radius 3 is 2.38 bits per heavy atom. The Morgan fingerprint density at radius 1 is 1.19 bits per heavy atom. The predicted octanol–water partition coefficient (Wildman–Crippen LogP) is 0.0409. The topological polar surface area (TPSA) is 18.5 Å². The molecule has 0 aromatic heterocycles. The van der Waals surface area contributed by atoms with Gasteiger partial charge in [0.2, 0.25) is 0 Å². The smallest absolute Gasteiger partial charge is 1.00 e. The summed E-state index contributed by atoms with van der Waals surface area (Å²) >= 11 is 0. The molecule has 0 aliphatic heterocycles. The molecule has 0 aromatic rings. The van der Waals surface area contributed by atoms with E-state index in [1.165, 1.54) is 12.8 Å². The molecule has 0 bridgehead atoms. The molecule has 0 aliphatic rings. The van der Waals surface area contributed by atoms with Gasteiger partial charge in [0.15, 0.2) is 0 Å². The van der Waals surface area contributed by atoms with Crippen molar-refractivity contribution in [3.8, 4) is 0 Å². The van der Waals surface area contributed by atoms with E-state index >= 15 is 0 Å². The van der Waals surface area contributed by atoms with E-state index < -0.39 is 0 Å². The van der Waals surface area contributed by atoms with E-state index in [1.807, 2.05) is 0 Å². The molecule has 0 aromatic carbocycles. The summed E-state index contributed by atoms with van der Waals surface area (Å²) in [6.45, 7) is 8.60. The minimum absolute atomic E-state index is 0. The molecule has 1 atom stereocenters. The van der Waals surface area contributed by atoms with Gasteiger partial charge in [-0.05, 0) is 12.8 Å². The number of rotatable bonds is 10. The van der Waals surface area contributed by atoms with Gasteiger partial charge >= 0.3 is 23.1 Å². The van der Waals surface area contributed by atoms with Crippen LogP contribution in [0.1, 0.15) is 46.5 Å². The van der Waals surface area contributed by atoms with Crippen LogP contribution in [0.25, 0.3) is 0 Å². The van der Waals surface area contributed by atoms with Crippen LogP contribution >= 0.6 is 0 Å². The first-order valence-corrected chi connectivity index (χ1v) is 5.74.